The van der Waals surface area contributed by atoms with Gasteiger partial charge in [0.05, 0.1) is 18.8 Å². The molecule has 8 heteroatoms. The Balaban J connectivity index is 1.36. The van der Waals surface area contributed by atoms with Crippen molar-refractivity contribution in [1.82, 2.24) is 30.1 Å². The van der Waals surface area contributed by atoms with E-state index < -0.39 is 6.04 Å². The molecule has 3 saturated heterocycles. The highest BCUT2D eigenvalue weighted by Gasteiger charge is 2.51. The molecule has 0 aromatic carbocycles. The van der Waals surface area contributed by atoms with Gasteiger partial charge in [0.25, 0.3) is 0 Å². The number of piperidine rings is 3. The zero-order valence-electron chi connectivity index (χ0n) is 18.0. The van der Waals surface area contributed by atoms with Gasteiger partial charge >= 0.3 is 0 Å². The van der Waals surface area contributed by atoms with Crippen molar-refractivity contribution in [2.45, 2.75) is 57.8 Å². The summed E-state index contributed by atoms with van der Waals surface area (Å²) in [5.41, 5.74) is 1.93. The van der Waals surface area contributed by atoms with E-state index in [1.165, 1.54) is 0 Å². The lowest BCUT2D eigenvalue weighted by molar-refractivity contribution is -0.160. The normalized spacial score (nSPS) is 28.3. The molecule has 4 atom stereocenters. The number of hydrogen-bond acceptors (Lipinski definition) is 5. The fraction of sp³-hybridized carbons (Fsp3) is 0.565. The third kappa shape index (κ3) is 3.96. The molecule has 164 valence electrons. The molecule has 2 aromatic rings. The van der Waals surface area contributed by atoms with Crippen LogP contribution in [0.2, 0.25) is 0 Å². The molecule has 0 spiro atoms. The standard InChI is InChI=1S/C23H30N6O2/c1-15-4-3-7-24-18(15)11-27-23(31)22-17-10-16(19-5-2-6-21(30)29(19)22)12-28(13-17)14-20-25-8-9-26-20/h3-4,7-9,16-17,19,22H,2,5-6,10-14H2,1H3,(H,25,26)(H,27,31)/t16-,17+,19+,22-/m1/s1. The van der Waals surface area contributed by atoms with Gasteiger partial charge in [-0.15, -0.1) is 0 Å². The second kappa shape index (κ2) is 8.42. The van der Waals surface area contributed by atoms with Gasteiger partial charge in [0.15, 0.2) is 0 Å². The Morgan fingerprint density at radius 2 is 2.13 bits per heavy atom. The topological polar surface area (TPSA) is 94.2 Å². The smallest absolute Gasteiger partial charge is 0.243 e. The summed E-state index contributed by atoms with van der Waals surface area (Å²) in [7, 11) is 0. The van der Waals surface area contributed by atoms with E-state index >= 15 is 0 Å². The molecule has 0 aliphatic carbocycles. The first-order chi connectivity index (χ1) is 15.1. The lowest BCUT2D eigenvalue weighted by Gasteiger charge is -2.55. The molecule has 3 aliphatic heterocycles. The highest BCUT2D eigenvalue weighted by molar-refractivity contribution is 5.89. The van der Waals surface area contributed by atoms with Crippen molar-refractivity contribution in [2.24, 2.45) is 11.8 Å². The number of aromatic nitrogens is 3. The van der Waals surface area contributed by atoms with Gasteiger partial charge in [-0.3, -0.25) is 19.5 Å². The molecule has 2 amide bonds. The molecule has 2 N–H and O–H groups in total. The summed E-state index contributed by atoms with van der Waals surface area (Å²) in [6.07, 6.45) is 8.83. The lowest BCUT2D eigenvalue weighted by atomic mass is 9.71. The number of nitrogens with one attached hydrogen (secondary N) is 2. The van der Waals surface area contributed by atoms with Crippen LogP contribution in [0.4, 0.5) is 0 Å². The van der Waals surface area contributed by atoms with Crippen molar-refractivity contribution in [2.75, 3.05) is 13.1 Å². The number of carbonyl (C=O) groups excluding carboxylic acids is 2. The average Bonchev–Trinajstić information content (AvgIpc) is 3.27. The Morgan fingerprint density at radius 3 is 2.94 bits per heavy atom. The van der Waals surface area contributed by atoms with Crippen molar-refractivity contribution < 1.29 is 9.59 Å². The summed E-state index contributed by atoms with van der Waals surface area (Å²) in [5, 5.41) is 3.09. The minimum atomic E-state index is -0.405. The number of amides is 2. The van der Waals surface area contributed by atoms with Gasteiger partial charge < -0.3 is 15.2 Å². The van der Waals surface area contributed by atoms with Gasteiger partial charge in [-0.05, 0) is 43.7 Å². The number of rotatable bonds is 5. The maximum atomic E-state index is 13.4. The van der Waals surface area contributed by atoms with E-state index in [4.69, 9.17) is 0 Å². The minimum Gasteiger partial charge on any atom is -0.349 e. The molecule has 5 heterocycles. The third-order valence-corrected chi connectivity index (χ3v) is 7.16. The van der Waals surface area contributed by atoms with E-state index in [1.807, 2.05) is 30.2 Å². The van der Waals surface area contributed by atoms with Crippen molar-refractivity contribution in [3.05, 3.63) is 47.8 Å². The molecular formula is C23H30N6O2. The number of fused-ring (bicyclic) bond motifs is 4. The van der Waals surface area contributed by atoms with Crippen LogP contribution in [0.5, 0.6) is 0 Å². The summed E-state index contributed by atoms with van der Waals surface area (Å²) in [5.74, 6) is 1.59. The molecule has 0 radical (unpaired) electrons. The summed E-state index contributed by atoms with van der Waals surface area (Å²) in [6.45, 7) is 4.89. The third-order valence-electron chi connectivity index (χ3n) is 7.16. The molecule has 8 nitrogen and oxygen atoms in total. The number of pyridine rings is 1. The average molecular weight is 423 g/mol. The molecule has 3 fully saturated rings. The number of hydrogen-bond donors (Lipinski definition) is 2. The quantitative estimate of drug-likeness (QED) is 0.764. The van der Waals surface area contributed by atoms with E-state index in [2.05, 4.69) is 25.2 Å². The first-order valence-corrected chi connectivity index (χ1v) is 11.3. The summed E-state index contributed by atoms with van der Waals surface area (Å²) in [6, 6.07) is 3.65. The second-order valence-electron chi connectivity index (χ2n) is 9.18. The maximum absolute atomic E-state index is 13.4. The van der Waals surface area contributed by atoms with Gasteiger partial charge in [-0.25, -0.2) is 4.98 Å². The number of aromatic amines is 1. The van der Waals surface area contributed by atoms with E-state index in [0.29, 0.717) is 18.9 Å². The highest BCUT2D eigenvalue weighted by Crippen LogP contribution is 2.41. The summed E-state index contributed by atoms with van der Waals surface area (Å²) >= 11 is 0. The van der Waals surface area contributed by atoms with Gasteiger partial charge in [0.1, 0.15) is 11.9 Å². The van der Waals surface area contributed by atoms with Crippen molar-refractivity contribution in [1.29, 1.82) is 0 Å². The van der Waals surface area contributed by atoms with E-state index in [1.54, 1.807) is 12.4 Å². The van der Waals surface area contributed by atoms with E-state index in [-0.39, 0.29) is 23.8 Å². The van der Waals surface area contributed by atoms with Crippen molar-refractivity contribution in [3.63, 3.8) is 0 Å². The Morgan fingerprint density at radius 1 is 1.26 bits per heavy atom. The summed E-state index contributed by atoms with van der Waals surface area (Å²) in [4.78, 5) is 42.7. The van der Waals surface area contributed by atoms with Crippen molar-refractivity contribution in [3.8, 4) is 0 Å². The number of nitrogens with zero attached hydrogens (tertiary/aromatic N) is 4. The first-order valence-electron chi connectivity index (χ1n) is 11.3. The monoisotopic (exact) mass is 422 g/mol. The van der Waals surface area contributed by atoms with Crippen LogP contribution in [0.15, 0.2) is 30.7 Å². The van der Waals surface area contributed by atoms with Gasteiger partial charge in [0.2, 0.25) is 11.8 Å². The van der Waals surface area contributed by atoms with Crippen LogP contribution in [0.1, 0.15) is 42.8 Å². The molecule has 3 aliphatic rings. The van der Waals surface area contributed by atoms with Crippen LogP contribution in [0, 0.1) is 18.8 Å². The molecular weight excluding hydrogens is 392 g/mol. The highest BCUT2D eigenvalue weighted by atomic mass is 16.2. The first kappa shape index (κ1) is 20.2. The van der Waals surface area contributed by atoms with Crippen LogP contribution in [0.3, 0.4) is 0 Å². The lowest BCUT2D eigenvalue weighted by Crippen LogP contribution is -2.68. The van der Waals surface area contributed by atoms with Gasteiger partial charge in [-0.1, -0.05) is 6.07 Å². The Hall–Kier alpha value is -2.74. The van der Waals surface area contributed by atoms with Crippen LogP contribution < -0.4 is 5.32 Å². The van der Waals surface area contributed by atoms with Crippen LogP contribution in [-0.4, -0.2) is 61.7 Å². The number of H-pyrrole nitrogens is 1. The fourth-order valence-corrected chi connectivity index (χ4v) is 5.79. The largest absolute Gasteiger partial charge is 0.349 e. The predicted molar refractivity (Wildman–Crippen MR) is 115 cm³/mol. The zero-order valence-corrected chi connectivity index (χ0v) is 18.0. The minimum absolute atomic E-state index is 0.0476. The Kier molecular flexibility index (Phi) is 5.48. The number of likely N-dealkylation sites (tertiary alicyclic amines) is 1. The van der Waals surface area contributed by atoms with Crippen LogP contribution in [-0.2, 0) is 22.7 Å². The molecule has 0 unspecified atom stereocenters. The summed E-state index contributed by atoms with van der Waals surface area (Å²) < 4.78 is 0. The zero-order chi connectivity index (χ0) is 21.4. The van der Waals surface area contributed by atoms with E-state index in [0.717, 1.165) is 56.0 Å². The van der Waals surface area contributed by atoms with Gasteiger partial charge in [-0.2, -0.15) is 0 Å². The van der Waals surface area contributed by atoms with E-state index in [9.17, 15) is 9.59 Å². The Bertz CT molecular complexity index is 945. The SMILES string of the molecule is Cc1cccnc1CNC(=O)[C@H]1[C@H]2C[C@H](CN(Cc3ncc[nH]3)C2)[C@@H]2CCCC(=O)N21. The molecule has 2 bridgehead atoms. The molecule has 5 rings (SSSR count). The number of aryl methyl sites for hydroxylation is 1. The van der Waals surface area contributed by atoms with Gasteiger partial charge in [0, 0.05) is 50.1 Å². The predicted octanol–water partition coefficient (Wildman–Crippen LogP) is 1.63. The van der Waals surface area contributed by atoms with Crippen molar-refractivity contribution >= 4 is 11.8 Å². The maximum Gasteiger partial charge on any atom is 0.243 e. The Labute approximate surface area is 182 Å². The second-order valence-corrected chi connectivity index (χ2v) is 9.18. The number of imidazole rings is 1. The molecule has 0 saturated carbocycles. The van der Waals surface area contributed by atoms with Crippen LogP contribution in [0.25, 0.3) is 0 Å². The van der Waals surface area contributed by atoms with Crippen LogP contribution >= 0.6 is 0 Å². The fourth-order valence-electron chi connectivity index (χ4n) is 5.79. The number of carbonyl (C=O) groups is 2. The molecule has 31 heavy (non-hydrogen) atoms. The molecule has 2 aromatic heterocycles.